The molecule has 1 saturated carbocycles. The first-order chi connectivity index (χ1) is 7.72. The van der Waals surface area contributed by atoms with Crippen molar-refractivity contribution in [3.63, 3.8) is 0 Å². The fourth-order valence-corrected chi connectivity index (χ4v) is 3.23. The van der Waals surface area contributed by atoms with E-state index in [0.717, 1.165) is 25.7 Å². The van der Waals surface area contributed by atoms with E-state index in [4.69, 9.17) is 4.74 Å². The molecule has 3 heteroatoms. The molecule has 16 heavy (non-hydrogen) atoms. The van der Waals surface area contributed by atoms with Crippen LogP contribution in [0.5, 0.6) is 0 Å². The van der Waals surface area contributed by atoms with Gasteiger partial charge in [-0.2, -0.15) is 0 Å². The van der Waals surface area contributed by atoms with Gasteiger partial charge in [0.1, 0.15) is 0 Å². The van der Waals surface area contributed by atoms with E-state index in [1.165, 1.54) is 19.3 Å². The molecule has 3 nitrogen and oxygen atoms in total. The van der Waals surface area contributed by atoms with Crippen molar-refractivity contribution in [3.8, 4) is 0 Å². The van der Waals surface area contributed by atoms with Crippen molar-refractivity contribution in [1.82, 2.24) is 10.2 Å². The number of hydrogen-bond donors (Lipinski definition) is 1. The topological polar surface area (TPSA) is 24.5 Å². The summed E-state index contributed by atoms with van der Waals surface area (Å²) < 4.78 is 5.71. The predicted octanol–water partition coefficient (Wildman–Crippen LogP) is 1.63. The molecule has 0 aromatic rings. The van der Waals surface area contributed by atoms with Crippen LogP contribution >= 0.6 is 0 Å². The van der Waals surface area contributed by atoms with Crippen molar-refractivity contribution in [2.75, 3.05) is 19.7 Å². The van der Waals surface area contributed by atoms with Gasteiger partial charge in [0.05, 0.1) is 12.7 Å². The molecule has 94 valence electrons. The molecule has 1 N–H and O–H groups in total. The highest BCUT2D eigenvalue weighted by Gasteiger charge is 2.36. The summed E-state index contributed by atoms with van der Waals surface area (Å²) in [6.45, 7) is 9.80. The largest absolute Gasteiger partial charge is 0.376 e. The molecule has 0 aromatic heterocycles. The number of nitrogens with one attached hydrogen (secondary N) is 1. The van der Waals surface area contributed by atoms with E-state index in [1.54, 1.807) is 0 Å². The van der Waals surface area contributed by atoms with Gasteiger partial charge in [-0.25, -0.2) is 0 Å². The maximum absolute atomic E-state index is 5.71. The number of ether oxygens (including phenoxy) is 1. The minimum Gasteiger partial charge on any atom is -0.376 e. The lowest BCUT2D eigenvalue weighted by Crippen LogP contribution is -2.56. The molecule has 1 saturated heterocycles. The molecule has 2 fully saturated rings. The van der Waals surface area contributed by atoms with Crippen LogP contribution in [-0.4, -0.2) is 48.8 Å². The van der Waals surface area contributed by atoms with Gasteiger partial charge in [0.25, 0.3) is 0 Å². The average Bonchev–Trinajstić information content (AvgIpc) is 2.70. The first-order valence-electron chi connectivity index (χ1n) is 6.83. The van der Waals surface area contributed by atoms with Gasteiger partial charge in [0.2, 0.25) is 0 Å². The third kappa shape index (κ3) is 2.58. The zero-order valence-corrected chi connectivity index (χ0v) is 10.9. The van der Waals surface area contributed by atoms with Crippen molar-refractivity contribution in [3.05, 3.63) is 0 Å². The third-order valence-corrected chi connectivity index (χ3v) is 4.03. The monoisotopic (exact) mass is 226 g/mol. The normalized spacial score (nSPS) is 41.4. The maximum Gasteiger partial charge on any atom is 0.0674 e. The lowest BCUT2D eigenvalue weighted by molar-refractivity contribution is -0.0683. The van der Waals surface area contributed by atoms with E-state index in [9.17, 15) is 0 Å². The van der Waals surface area contributed by atoms with Crippen LogP contribution in [0.1, 0.15) is 40.0 Å². The van der Waals surface area contributed by atoms with Crippen LogP contribution in [0.3, 0.4) is 0 Å². The van der Waals surface area contributed by atoms with Gasteiger partial charge >= 0.3 is 0 Å². The van der Waals surface area contributed by atoms with E-state index in [1.807, 2.05) is 0 Å². The number of morpholine rings is 1. The Morgan fingerprint density at radius 1 is 1.31 bits per heavy atom. The van der Waals surface area contributed by atoms with Gasteiger partial charge in [-0.15, -0.1) is 0 Å². The fourth-order valence-electron chi connectivity index (χ4n) is 3.23. The first-order valence-corrected chi connectivity index (χ1v) is 6.83. The van der Waals surface area contributed by atoms with E-state index in [-0.39, 0.29) is 0 Å². The quantitative estimate of drug-likeness (QED) is 0.791. The molecule has 0 radical (unpaired) electrons. The smallest absolute Gasteiger partial charge is 0.0674 e. The van der Waals surface area contributed by atoms with Crippen LogP contribution in [0, 0.1) is 0 Å². The summed E-state index contributed by atoms with van der Waals surface area (Å²) >= 11 is 0. The van der Waals surface area contributed by atoms with Crippen molar-refractivity contribution >= 4 is 0 Å². The molecule has 1 aliphatic carbocycles. The van der Waals surface area contributed by atoms with Gasteiger partial charge in [-0.3, -0.25) is 4.90 Å². The predicted molar refractivity (Wildman–Crippen MR) is 66.7 cm³/mol. The summed E-state index contributed by atoms with van der Waals surface area (Å²) in [7, 11) is 0. The van der Waals surface area contributed by atoms with E-state index in [2.05, 4.69) is 31.0 Å². The number of nitrogens with zero attached hydrogens (tertiary/aromatic N) is 1. The average molecular weight is 226 g/mol. The molecule has 2 rings (SSSR count). The Labute approximate surface area is 99.5 Å². The third-order valence-electron chi connectivity index (χ3n) is 4.03. The molecule has 1 heterocycles. The van der Waals surface area contributed by atoms with Crippen molar-refractivity contribution < 1.29 is 4.74 Å². The molecular formula is C13H26N2O. The Kier molecular flexibility index (Phi) is 4.22. The SMILES string of the molecule is CCNC1CCCC1N1CC(C)OCC1C. The molecule has 1 aliphatic heterocycles. The lowest BCUT2D eigenvalue weighted by atomic mass is 10.1. The Hall–Kier alpha value is -0.120. The van der Waals surface area contributed by atoms with Gasteiger partial charge < -0.3 is 10.1 Å². The van der Waals surface area contributed by atoms with E-state index >= 15 is 0 Å². The summed E-state index contributed by atoms with van der Waals surface area (Å²) in [6.07, 6.45) is 4.48. The number of hydrogen-bond acceptors (Lipinski definition) is 3. The van der Waals surface area contributed by atoms with Crippen LogP contribution in [0.15, 0.2) is 0 Å². The Morgan fingerprint density at radius 2 is 2.12 bits per heavy atom. The fraction of sp³-hybridized carbons (Fsp3) is 1.00. The van der Waals surface area contributed by atoms with E-state index < -0.39 is 0 Å². The second kappa shape index (κ2) is 5.48. The highest BCUT2D eigenvalue weighted by Crippen LogP contribution is 2.28. The molecule has 0 spiro atoms. The van der Waals surface area contributed by atoms with Crippen molar-refractivity contribution in [2.45, 2.75) is 64.3 Å². The molecule has 0 aromatic carbocycles. The summed E-state index contributed by atoms with van der Waals surface area (Å²) in [4.78, 5) is 2.68. The Bertz CT molecular complexity index is 222. The van der Waals surface area contributed by atoms with E-state index in [0.29, 0.717) is 18.2 Å². The van der Waals surface area contributed by atoms with Gasteiger partial charge in [-0.05, 0) is 33.2 Å². The summed E-state index contributed by atoms with van der Waals surface area (Å²) in [6, 6.07) is 2.03. The van der Waals surface area contributed by atoms with Gasteiger partial charge in [0.15, 0.2) is 0 Å². The molecule has 0 bridgehead atoms. The molecule has 4 unspecified atom stereocenters. The number of likely N-dealkylation sites (N-methyl/N-ethyl adjacent to an activating group) is 1. The minimum atomic E-state index is 0.402. The Morgan fingerprint density at radius 3 is 2.88 bits per heavy atom. The van der Waals surface area contributed by atoms with Crippen LogP contribution in [-0.2, 0) is 4.74 Å². The lowest BCUT2D eigenvalue weighted by Gasteiger charge is -2.42. The zero-order chi connectivity index (χ0) is 11.5. The molecule has 2 aliphatic rings. The van der Waals surface area contributed by atoms with Crippen molar-refractivity contribution in [2.24, 2.45) is 0 Å². The van der Waals surface area contributed by atoms with Gasteiger partial charge in [-0.1, -0.05) is 13.3 Å². The molecule has 0 amide bonds. The molecule has 4 atom stereocenters. The summed E-state index contributed by atoms with van der Waals surface area (Å²) in [5.41, 5.74) is 0. The van der Waals surface area contributed by atoms with Crippen LogP contribution in [0.4, 0.5) is 0 Å². The van der Waals surface area contributed by atoms with Gasteiger partial charge in [0, 0.05) is 24.7 Å². The highest BCUT2D eigenvalue weighted by molar-refractivity contribution is 4.93. The van der Waals surface area contributed by atoms with Crippen molar-refractivity contribution in [1.29, 1.82) is 0 Å². The van der Waals surface area contributed by atoms with Crippen LogP contribution in [0.25, 0.3) is 0 Å². The highest BCUT2D eigenvalue weighted by atomic mass is 16.5. The second-order valence-electron chi connectivity index (χ2n) is 5.35. The zero-order valence-electron chi connectivity index (χ0n) is 10.9. The number of rotatable bonds is 3. The summed E-state index contributed by atoms with van der Waals surface area (Å²) in [5, 5.41) is 3.64. The van der Waals surface area contributed by atoms with Crippen LogP contribution < -0.4 is 5.32 Å². The first kappa shape index (κ1) is 12.3. The van der Waals surface area contributed by atoms with Crippen LogP contribution in [0.2, 0.25) is 0 Å². The standard InChI is InChI=1S/C13H26N2O/c1-4-14-12-6-5-7-13(12)15-8-11(3)16-9-10(15)2/h10-14H,4-9H2,1-3H3. The minimum absolute atomic E-state index is 0.402. The molecular weight excluding hydrogens is 200 g/mol. The summed E-state index contributed by atoms with van der Waals surface area (Å²) in [5.74, 6) is 0. The maximum atomic E-state index is 5.71. The second-order valence-corrected chi connectivity index (χ2v) is 5.35. The Balaban J connectivity index is 1.98.